The van der Waals surface area contributed by atoms with Crippen LogP contribution in [0.5, 0.6) is 0 Å². The van der Waals surface area contributed by atoms with Crippen LogP contribution >= 0.6 is 0 Å². The quantitative estimate of drug-likeness (QED) is 0.468. The zero-order valence-corrected chi connectivity index (χ0v) is 19.2. The van der Waals surface area contributed by atoms with E-state index < -0.39 is 36.0 Å². The molecular formula is C25H28N2O7. The number of hydrogen-bond donors (Lipinski definition) is 1. The number of carbonyl (C=O) groups excluding carboxylic acids is 4. The lowest BCUT2D eigenvalue weighted by Gasteiger charge is -2.35. The molecule has 2 atom stereocenters. The lowest BCUT2D eigenvalue weighted by atomic mass is 9.93. The number of nitrogens with one attached hydrogen (secondary N) is 1. The predicted molar refractivity (Wildman–Crippen MR) is 121 cm³/mol. The van der Waals surface area contributed by atoms with Crippen molar-refractivity contribution in [2.45, 2.75) is 44.5 Å². The third-order valence-electron chi connectivity index (χ3n) is 5.66. The average molecular weight is 469 g/mol. The number of esters is 2. The second-order valence-corrected chi connectivity index (χ2v) is 7.86. The van der Waals surface area contributed by atoms with Gasteiger partial charge in [-0.1, -0.05) is 54.6 Å². The van der Waals surface area contributed by atoms with Crippen molar-refractivity contribution in [2.75, 3.05) is 14.2 Å². The number of rotatable bonds is 8. The van der Waals surface area contributed by atoms with E-state index in [-0.39, 0.29) is 32.4 Å². The fourth-order valence-electron chi connectivity index (χ4n) is 3.77. The minimum absolute atomic E-state index is 0.00679. The number of methoxy groups -OCH3 is 2. The molecule has 34 heavy (non-hydrogen) atoms. The Hall–Kier alpha value is -3.88. The first-order valence-electron chi connectivity index (χ1n) is 10.9. The van der Waals surface area contributed by atoms with Gasteiger partial charge in [0.2, 0.25) is 5.91 Å². The number of carbonyl (C=O) groups is 4. The van der Waals surface area contributed by atoms with E-state index in [9.17, 15) is 19.2 Å². The van der Waals surface area contributed by atoms with Crippen LogP contribution in [0.15, 0.2) is 54.6 Å². The van der Waals surface area contributed by atoms with Gasteiger partial charge in [0.05, 0.1) is 20.8 Å². The lowest BCUT2D eigenvalue weighted by molar-refractivity contribution is -0.147. The molecule has 0 saturated carbocycles. The standard InChI is InChI=1S/C25H28N2O7/c1-32-22(28)13-12-20(24(30)33-2)26-23(29)21-14-18-10-6-7-11-19(18)15-27(21)25(31)34-16-17-8-4-3-5-9-17/h3-11,20-21H,12-16H2,1-2H3,(H,26,29)/t20-,21-/m0/s1. The van der Waals surface area contributed by atoms with Gasteiger partial charge in [0.1, 0.15) is 18.7 Å². The van der Waals surface area contributed by atoms with Crippen LogP contribution in [0.25, 0.3) is 0 Å². The summed E-state index contributed by atoms with van der Waals surface area (Å²) in [6.07, 6.45) is -0.449. The Morgan fingerprint density at radius 1 is 0.971 bits per heavy atom. The highest BCUT2D eigenvalue weighted by Crippen LogP contribution is 2.25. The highest BCUT2D eigenvalue weighted by Gasteiger charge is 2.37. The van der Waals surface area contributed by atoms with E-state index >= 15 is 0 Å². The van der Waals surface area contributed by atoms with Crippen LogP contribution in [0.2, 0.25) is 0 Å². The van der Waals surface area contributed by atoms with Crippen LogP contribution in [-0.4, -0.2) is 55.1 Å². The van der Waals surface area contributed by atoms with Gasteiger partial charge >= 0.3 is 18.0 Å². The Morgan fingerprint density at radius 2 is 1.65 bits per heavy atom. The number of hydrogen-bond acceptors (Lipinski definition) is 7. The van der Waals surface area contributed by atoms with Gasteiger partial charge in [-0.05, 0) is 23.1 Å². The van der Waals surface area contributed by atoms with E-state index in [0.29, 0.717) is 0 Å². The number of benzene rings is 2. The molecule has 2 amide bonds. The zero-order valence-electron chi connectivity index (χ0n) is 19.2. The van der Waals surface area contributed by atoms with E-state index in [4.69, 9.17) is 9.47 Å². The minimum atomic E-state index is -1.06. The summed E-state index contributed by atoms with van der Waals surface area (Å²) in [6.45, 7) is 0.253. The monoisotopic (exact) mass is 468 g/mol. The molecule has 9 heteroatoms. The molecule has 2 aromatic rings. The van der Waals surface area contributed by atoms with Gasteiger partial charge in [-0.25, -0.2) is 9.59 Å². The van der Waals surface area contributed by atoms with Crippen LogP contribution < -0.4 is 5.32 Å². The Kier molecular flexibility index (Phi) is 8.61. The van der Waals surface area contributed by atoms with Crippen molar-refractivity contribution < 1.29 is 33.4 Å². The second-order valence-electron chi connectivity index (χ2n) is 7.86. The van der Waals surface area contributed by atoms with Gasteiger partial charge in [0, 0.05) is 12.8 Å². The number of amides is 2. The average Bonchev–Trinajstić information content (AvgIpc) is 2.88. The van der Waals surface area contributed by atoms with E-state index in [1.807, 2.05) is 54.6 Å². The van der Waals surface area contributed by atoms with Crippen molar-refractivity contribution in [2.24, 2.45) is 0 Å². The molecule has 0 aromatic heterocycles. The molecule has 9 nitrogen and oxygen atoms in total. The molecule has 2 aromatic carbocycles. The van der Waals surface area contributed by atoms with E-state index in [1.165, 1.54) is 19.1 Å². The van der Waals surface area contributed by atoms with Gasteiger partial charge < -0.3 is 19.5 Å². The molecule has 0 spiro atoms. The summed E-state index contributed by atoms with van der Waals surface area (Å²) in [5, 5.41) is 2.64. The Bertz CT molecular complexity index is 1020. The highest BCUT2D eigenvalue weighted by molar-refractivity contribution is 5.90. The first-order chi connectivity index (χ1) is 16.4. The van der Waals surface area contributed by atoms with Crippen molar-refractivity contribution in [1.29, 1.82) is 0 Å². The maximum Gasteiger partial charge on any atom is 0.411 e. The second kappa shape index (κ2) is 11.8. The summed E-state index contributed by atoms with van der Waals surface area (Å²) in [4.78, 5) is 51.3. The first-order valence-corrected chi connectivity index (χ1v) is 10.9. The molecule has 0 saturated heterocycles. The van der Waals surface area contributed by atoms with Crippen LogP contribution in [0.4, 0.5) is 4.79 Å². The van der Waals surface area contributed by atoms with Gasteiger partial charge in [0.15, 0.2) is 0 Å². The largest absolute Gasteiger partial charge is 0.469 e. The number of nitrogens with zero attached hydrogens (tertiary/aromatic N) is 1. The summed E-state index contributed by atoms with van der Waals surface area (Å²) in [6, 6.07) is 14.8. The van der Waals surface area contributed by atoms with Crippen molar-refractivity contribution >= 4 is 23.9 Å². The van der Waals surface area contributed by atoms with E-state index in [2.05, 4.69) is 10.1 Å². The minimum Gasteiger partial charge on any atom is -0.469 e. The van der Waals surface area contributed by atoms with Gasteiger partial charge in [-0.2, -0.15) is 0 Å². The summed E-state index contributed by atoms with van der Waals surface area (Å²) < 4.78 is 14.9. The van der Waals surface area contributed by atoms with Crippen LogP contribution in [0.1, 0.15) is 29.5 Å². The summed E-state index contributed by atoms with van der Waals surface area (Å²) >= 11 is 0. The third kappa shape index (κ3) is 6.34. The molecule has 0 radical (unpaired) electrons. The Balaban J connectivity index is 1.76. The maximum absolute atomic E-state index is 13.3. The smallest absolute Gasteiger partial charge is 0.411 e. The van der Waals surface area contributed by atoms with Crippen LogP contribution in [0, 0.1) is 0 Å². The topological polar surface area (TPSA) is 111 Å². The molecule has 0 bridgehead atoms. The molecule has 1 aliphatic heterocycles. The lowest BCUT2D eigenvalue weighted by Crippen LogP contribution is -2.55. The van der Waals surface area contributed by atoms with Crippen LogP contribution in [-0.2, 0) is 48.2 Å². The fourth-order valence-corrected chi connectivity index (χ4v) is 3.77. The van der Waals surface area contributed by atoms with Gasteiger partial charge in [-0.15, -0.1) is 0 Å². The Morgan fingerprint density at radius 3 is 2.32 bits per heavy atom. The van der Waals surface area contributed by atoms with E-state index in [1.54, 1.807) is 0 Å². The summed E-state index contributed by atoms with van der Waals surface area (Å²) in [5.41, 5.74) is 2.67. The van der Waals surface area contributed by atoms with Crippen molar-refractivity contribution in [3.8, 4) is 0 Å². The molecule has 1 aliphatic rings. The maximum atomic E-state index is 13.3. The fraction of sp³-hybridized carbons (Fsp3) is 0.360. The van der Waals surface area contributed by atoms with E-state index in [0.717, 1.165) is 16.7 Å². The Labute approximate surface area is 198 Å². The third-order valence-corrected chi connectivity index (χ3v) is 5.66. The van der Waals surface area contributed by atoms with Gasteiger partial charge in [0.25, 0.3) is 0 Å². The van der Waals surface area contributed by atoms with Crippen molar-refractivity contribution in [3.05, 3.63) is 71.3 Å². The summed E-state index contributed by atoms with van der Waals surface area (Å²) in [7, 11) is 2.44. The summed E-state index contributed by atoms with van der Waals surface area (Å²) in [5.74, 6) is -1.74. The molecule has 0 fully saturated rings. The molecule has 1 heterocycles. The molecule has 3 rings (SSSR count). The van der Waals surface area contributed by atoms with Crippen molar-refractivity contribution in [3.63, 3.8) is 0 Å². The first kappa shape index (κ1) is 24.8. The molecular weight excluding hydrogens is 440 g/mol. The van der Waals surface area contributed by atoms with Gasteiger partial charge in [-0.3, -0.25) is 14.5 Å². The number of ether oxygens (including phenoxy) is 3. The molecule has 0 aliphatic carbocycles. The SMILES string of the molecule is COC(=O)CC[C@H](NC(=O)[C@@H]1Cc2ccccc2CN1C(=O)OCc1ccccc1)C(=O)OC. The normalized spacial score (nSPS) is 15.5. The van der Waals surface area contributed by atoms with Crippen molar-refractivity contribution in [1.82, 2.24) is 10.2 Å². The number of fused-ring (bicyclic) bond motifs is 1. The zero-order chi connectivity index (χ0) is 24.5. The molecule has 180 valence electrons. The highest BCUT2D eigenvalue weighted by atomic mass is 16.6. The predicted octanol–water partition coefficient (Wildman–Crippen LogP) is 2.36. The molecule has 0 unspecified atom stereocenters. The molecule has 1 N–H and O–H groups in total. The van der Waals surface area contributed by atoms with Crippen LogP contribution in [0.3, 0.4) is 0 Å².